The molecule has 0 spiro atoms. The highest BCUT2D eigenvalue weighted by Gasteiger charge is 2.24. The summed E-state index contributed by atoms with van der Waals surface area (Å²) in [6.07, 6.45) is 3.15. The zero-order chi connectivity index (χ0) is 17.8. The zero-order valence-electron chi connectivity index (χ0n) is 13.3. The van der Waals surface area contributed by atoms with Crippen LogP contribution in [0.25, 0.3) is 0 Å². The van der Waals surface area contributed by atoms with Crippen molar-refractivity contribution < 1.29 is 4.79 Å². The van der Waals surface area contributed by atoms with Crippen LogP contribution in [0.4, 0.5) is 11.4 Å². The second-order valence-electron chi connectivity index (χ2n) is 5.60. The average Bonchev–Trinajstić information content (AvgIpc) is 2.63. The standard InChI is InChI=1S/C19H15Cl2N3O/c20-15-7-3-8-16(21)18(15)23-12-14(11-22)19(25)24-10-4-6-13-5-1-2-9-17(13)24/h1-3,5,7-9,12,23H,4,6,10H2/b14-12-. The van der Waals surface area contributed by atoms with Crippen LogP contribution in [0.1, 0.15) is 12.0 Å². The molecule has 0 fully saturated rings. The first kappa shape index (κ1) is 17.3. The van der Waals surface area contributed by atoms with Crippen LogP contribution in [0.3, 0.4) is 0 Å². The Kier molecular flexibility index (Phi) is 5.28. The van der Waals surface area contributed by atoms with Crippen molar-refractivity contribution >= 4 is 40.5 Å². The topological polar surface area (TPSA) is 56.1 Å². The third-order valence-corrected chi connectivity index (χ3v) is 4.66. The van der Waals surface area contributed by atoms with Gasteiger partial charge in [0, 0.05) is 18.4 Å². The predicted molar refractivity (Wildman–Crippen MR) is 101 cm³/mol. The Labute approximate surface area is 156 Å². The number of nitrogens with one attached hydrogen (secondary N) is 1. The van der Waals surface area contributed by atoms with E-state index in [0.29, 0.717) is 22.3 Å². The molecule has 1 N–H and O–H groups in total. The number of carbonyl (C=O) groups is 1. The van der Waals surface area contributed by atoms with E-state index in [4.69, 9.17) is 23.2 Å². The molecule has 126 valence electrons. The van der Waals surface area contributed by atoms with E-state index < -0.39 is 0 Å². The third kappa shape index (κ3) is 3.63. The lowest BCUT2D eigenvalue weighted by Gasteiger charge is -2.29. The van der Waals surface area contributed by atoms with Crippen LogP contribution in [-0.4, -0.2) is 12.5 Å². The first-order chi connectivity index (χ1) is 12.1. The fraction of sp³-hybridized carbons (Fsp3) is 0.158. The van der Waals surface area contributed by atoms with Gasteiger partial charge < -0.3 is 10.2 Å². The average molecular weight is 372 g/mol. The molecule has 3 rings (SSSR count). The number of anilines is 2. The van der Waals surface area contributed by atoms with Crippen LogP contribution in [0.5, 0.6) is 0 Å². The molecule has 2 aromatic rings. The van der Waals surface area contributed by atoms with Gasteiger partial charge in [-0.3, -0.25) is 4.79 Å². The van der Waals surface area contributed by atoms with Gasteiger partial charge in [-0.2, -0.15) is 5.26 Å². The summed E-state index contributed by atoms with van der Waals surface area (Å²) in [6.45, 7) is 0.585. The molecular weight excluding hydrogens is 357 g/mol. The summed E-state index contributed by atoms with van der Waals surface area (Å²) in [5.74, 6) is -0.342. The Balaban J connectivity index is 1.87. The molecule has 4 nitrogen and oxygen atoms in total. The molecule has 0 bridgehead atoms. The van der Waals surface area contributed by atoms with E-state index in [1.807, 2.05) is 30.3 Å². The molecular formula is C19H15Cl2N3O. The normalized spacial score (nSPS) is 13.8. The molecule has 1 aliphatic rings. The maximum atomic E-state index is 12.8. The van der Waals surface area contributed by atoms with Gasteiger partial charge in [-0.05, 0) is 36.6 Å². The van der Waals surface area contributed by atoms with E-state index >= 15 is 0 Å². The highest BCUT2D eigenvalue weighted by atomic mass is 35.5. The van der Waals surface area contributed by atoms with Gasteiger partial charge in [0.25, 0.3) is 5.91 Å². The van der Waals surface area contributed by atoms with Crippen molar-refractivity contribution in [3.05, 3.63) is 69.8 Å². The van der Waals surface area contributed by atoms with Crippen LogP contribution in [0, 0.1) is 11.3 Å². The Morgan fingerprint density at radius 1 is 1.16 bits per heavy atom. The molecule has 6 heteroatoms. The minimum atomic E-state index is -0.342. The van der Waals surface area contributed by atoms with Gasteiger partial charge in [0.2, 0.25) is 0 Å². The molecule has 0 saturated carbocycles. The molecule has 1 aliphatic heterocycles. The van der Waals surface area contributed by atoms with Gasteiger partial charge in [-0.25, -0.2) is 0 Å². The smallest absolute Gasteiger partial charge is 0.270 e. The van der Waals surface area contributed by atoms with E-state index in [1.165, 1.54) is 6.20 Å². The number of rotatable bonds is 3. The van der Waals surface area contributed by atoms with Gasteiger partial charge >= 0.3 is 0 Å². The molecule has 0 unspecified atom stereocenters. The first-order valence-corrected chi connectivity index (χ1v) is 8.58. The van der Waals surface area contributed by atoms with Crippen molar-refractivity contribution in [3.63, 3.8) is 0 Å². The molecule has 0 atom stereocenters. The maximum absolute atomic E-state index is 12.8. The Morgan fingerprint density at radius 2 is 1.88 bits per heavy atom. The van der Waals surface area contributed by atoms with Crippen molar-refractivity contribution in [1.82, 2.24) is 0 Å². The minimum Gasteiger partial charge on any atom is -0.358 e. The molecule has 1 heterocycles. The number of hydrogen-bond donors (Lipinski definition) is 1. The van der Waals surface area contributed by atoms with Crippen molar-refractivity contribution in [3.8, 4) is 6.07 Å². The fourth-order valence-corrected chi connectivity index (χ4v) is 3.32. The first-order valence-electron chi connectivity index (χ1n) is 7.82. The summed E-state index contributed by atoms with van der Waals surface area (Å²) in [4.78, 5) is 14.5. The van der Waals surface area contributed by atoms with Crippen LogP contribution in [0.15, 0.2) is 54.2 Å². The number of amides is 1. The fourth-order valence-electron chi connectivity index (χ4n) is 2.81. The molecule has 0 aliphatic carbocycles. The molecule has 2 aromatic carbocycles. The largest absolute Gasteiger partial charge is 0.358 e. The van der Waals surface area contributed by atoms with Crippen molar-refractivity contribution in [1.29, 1.82) is 5.26 Å². The molecule has 0 saturated heterocycles. The van der Waals surface area contributed by atoms with Crippen LogP contribution < -0.4 is 10.2 Å². The van der Waals surface area contributed by atoms with Crippen molar-refractivity contribution in [2.24, 2.45) is 0 Å². The van der Waals surface area contributed by atoms with Crippen molar-refractivity contribution in [2.45, 2.75) is 12.8 Å². The number of hydrogen-bond acceptors (Lipinski definition) is 3. The highest BCUT2D eigenvalue weighted by molar-refractivity contribution is 6.39. The lowest BCUT2D eigenvalue weighted by atomic mass is 10.0. The molecule has 0 radical (unpaired) electrons. The summed E-state index contributed by atoms with van der Waals surface area (Å²) < 4.78 is 0. The molecule has 1 amide bonds. The molecule has 25 heavy (non-hydrogen) atoms. The van der Waals surface area contributed by atoms with E-state index in [1.54, 1.807) is 23.1 Å². The van der Waals surface area contributed by atoms with Crippen LogP contribution >= 0.6 is 23.2 Å². The minimum absolute atomic E-state index is 0.00677. The number of fused-ring (bicyclic) bond motifs is 1. The lowest BCUT2D eigenvalue weighted by molar-refractivity contribution is -0.114. The summed E-state index contributed by atoms with van der Waals surface area (Å²) in [7, 11) is 0. The zero-order valence-corrected chi connectivity index (χ0v) is 14.8. The van der Waals surface area contributed by atoms with Gasteiger partial charge in [0.05, 0.1) is 15.7 Å². The Hall–Kier alpha value is -2.48. The number of nitrogens with zero attached hydrogens (tertiary/aromatic N) is 2. The number of halogens is 2. The van der Waals surface area contributed by atoms with Crippen molar-refractivity contribution in [2.75, 3.05) is 16.8 Å². The summed E-state index contributed by atoms with van der Waals surface area (Å²) >= 11 is 12.2. The number of carbonyl (C=O) groups excluding carboxylic acids is 1. The highest BCUT2D eigenvalue weighted by Crippen LogP contribution is 2.31. The summed E-state index contributed by atoms with van der Waals surface area (Å²) in [5, 5.41) is 13.1. The number of nitriles is 1. The Morgan fingerprint density at radius 3 is 2.60 bits per heavy atom. The van der Waals surface area contributed by atoms with E-state index in [0.717, 1.165) is 24.1 Å². The van der Waals surface area contributed by atoms with Gasteiger partial charge in [-0.15, -0.1) is 0 Å². The van der Waals surface area contributed by atoms with E-state index in [2.05, 4.69) is 5.32 Å². The maximum Gasteiger partial charge on any atom is 0.270 e. The summed E-state index contributed by atoms with van der Waals surface area (Å²) in [5.41, 5.74) is 2.43. The van der Waals surface area contributed by atoms with Gasteiger partial charge in [0.15, 0.2) is 0 Å². The predicted octanol–water partition coefficient (Wildman–Crippen LogP) is 4.79. The van der Waals surface area contributed by atoms with Gasteiger partial charge in [0.1, 0.15) is 11.6 Å². The lowest BCUT2D eigenvalue weighted by Crippen LogP contribution is -2.36. The van der Waals surface area contributed by atoms with E-state index in [-0.39, 0.29) is 11.5 Å². The molecule has 0 aromatic heterocycles. The van der Waals surface area contributed by atoms with Gasteiger partial charge in [-0.1, -0.05) is 47.5 Å². The number of aryl methyl sites for hydroxylation is 1. The number of benzene rings is 2. The quantitative estimate of drug-likeness (QED) is 0.623. The van der Waals surface area contributed by atoms with Crippen LogP contribution in [0.2, 0.25) is 10.0 Å². The van der Waals surface area contributed by atoms with Crippen LogP contribution in [-0.2, 0) is 11.2 Å². The summed E-state index contributed by atoms with van der Waals surface area (Å²) in [6, 6.07) is 14.8. The second kappa shape index (κ2) is 7.60. The monoisotopic (exact) mass is 371 g/mol. The third-order valence-electron chi connectivity index (χ3n) is 4.03. The SMILES string of the molecule is N#C/C(=C/Nc1c(Cl)cccc1Cl)C(=O)N1CCCc2ccccc21. The second-order valence-corrected chi connectivity index (χ2v) is 6.41. The van der Waals surface area contributed by atoms with E-state index in [9.17, 15) is 10.1 Å². The Bertz CT molecular complexity index is 866. The number of para-hydroxylation sites is 2.